The van der Waals surface area contributed by atoms with Gasteiger partial charge in [0.15, 0.2) is 5.78 Å². The minimum Gasteiger partial charge on any atom is -0.494 e. The summed E-state index contributed by atoms with van der Waals surface area (Å²) in [6.07, 6.45) is 1.29. The number of Topliss-reactive ketones (excluding diaryl/α,β-unsaturated/α-hetero) is 1. The van der Waals surface area contributed by atoms with E-state index in [1.54, 1.807) is 24.3 Å². The van der Waals surface area contributed by atoms with E-state index in [0.29, 0.717) is 18.9 Å². The summed E-state index contributed by atoms with van der Waals surface area (Å²) in [5.74, 6) is 0.580. The first-order valence-electron chi connectivity index (χ1n) is 6.73. The van der Waals surface area contributed by atoms with Crippen LogP contribution >= 0.6 is 0 Å². The van der Waals surface area contributed by atoms with Crippen LogP contribution in [0.15, 0.2) is 24.3 Å². The van der Waals surface area contributed by atoms with Crippen LogP contribution in [0.1, 0.15) is 45.1 Å². The molecule has 0 fully saturated rings. The molecular weight excluding hydrogens is 238 g/mol. The van der Waals surface area contributed by atoms with Gasteiger partial charge in [-0.1, -0.05) is 26.0 Å². The normalized spacial score (nSPS) is 11.9. The third kappa shape index (κ3) is 4.75. The number of benzene rings is 1. The summed E-state index contributed by atoms with van der Waals surface area (Å²) in [6, 6.07) is 9.31. The standard InChI is InChI=1S/C16H21NO2/c1-4-19-14-8-6-13(7-9-14)15(11-17)16(18)10-5-12(2)3/h6-9,12,15H,4-5,10H2,1-3H3. The van der Waals surface area contributed by atoms with E-state index in [1.165, 1.54) is 0 Å². The fourth-order valence-corrected chi connectivity index (χ4v) is 1.83. The van der Waals surface area contributed by atoms with Crippen molar-refractivity contribution in [3.8, 4) is 11.8 Å². The van der Waals surface area contributed by atoms with Gasteiger partial charge in [0.1, 0.15) is 11.7 Å². The molecule has 102 valence electrons. The highest BCUT2D eigenvalue weighted by atomic mass is 16.5. The fourth-order valence-electron chi connectivity index (χ4n) is 1.83. The lowest BCUT2D eigenvalue weighted by Crippen LogP contribution is -2.11. The van der Waals surface area contributed by atoms with Crippen LogP contribution in [-0.4, -0.2) is 12.4 Å². The van der Waals surface area contributed by atoms with Crippen LogP contribution in [0.2, 0.25) is 0 Å². The molecule has 0 spiro atoms. The van der Waals surface area contributed by atoms with Crippen molar-refractivity contribution in [2.75, 3.05) is 6.61 Å². The van der Waals surface area contributed by atoms with Gasteiger partial charge >= 0.3 is 0 Å². The summed E-state index contributed by atoms with van der Waals surface area (Å²) in [4.78, 5) is 12.0. The van der Waals surface area contributed by atoms with Gasteiger partial charge in [-0.15, -0.1) is 0 Å². The highest BCUT2D eigenvalue weighted by Crippen LogP contribution is 2.22. The molecule has 0 bridgehead atoms. The predicted molar refractivity (Wildman–Crippen MR) is 75.0 cm³/mol. The van der Waals surface area contributed by atoms with Crippen molar-refractivity contribution in [3.05, 3.63) is 29.8 Å². The Hall–Kier alpha value is -1.82. The lowest BCUT2D eigenvalue weighted by molar-refractivity contribution is -0.119. The highest BCUT2D eigenvalue weighted by molar-refractivity contribution is 5.88. The molecule has 1 aromatic carbocycles. The van der Waals surface area contributed by atoms with Gasteiger partial charge in [0.25, 0.3) is 0 Å². The van der Waals surface area contributed by atoms with Gasteiger partial charge in [-0.2, -0.15) is 5.26 Å². The molecule has 1 aromatic rings. The maximum absolute atomic E-state index is 12.0. The van der Waals surface area contributed by atoms with Crippen LogP contribution in [0.3, 0.4) is 0 Å². The Morgan fingerprint density at radius 1 is 1.32 bits per heavy atom. The molecule has 1 unspecified atom stereocenters. The molecule has 1 rings (SSSR count). The quantitative estimate of drug-likeness (QED) is 0.750. The zero-order valence-electron chi connectivity index (χ0n) is 11.8. The number of ketones is 1. The molecule has 19 heavy (non-hydrogen) atoms. The van der Waals surface area contributed by atoms with Crippen LogP contribution in [-0.2, 0) is 4.79 Å². The minimum absolute atomic E-state index is 0.000333. The molecule has 0 radical (unpaired) electrons. The van der Waals surface area contributed by atoms with E-state index < -0.39 is 5.92 Å². The molecule has 0 aliphatic heterocycles. The van der Waals surface area contributed by atoms with Crippen molar-refractivity contribution in [3.63, 3.8) is 0 Å². The van der Waals surface area contributed by atoms with Crippen molar-refractivity contribution in [2.45, 2.75) is 39.5 Å². The van der Waals surface area contributed by atoms with Gasteiger partial charge in [0.05, 0.1) is 12.7 Å². The highest BCUT2D eigenvalue weighted by Gasteiger charge is 2.19. The molecule has 1 atom stereocenters. The van der Waals surface area contributed by atoms with Crippen molar-refractivity contribution >= 4 is 5.78 Å². The number of hydrogen-bond acceptors (Lipinski definition) is 3. The van der Waals surface area contributed by atoms with Crippen LogP contribution in [0.5, 0.6) is 5.75 Å². The predicted octanol–water partition coefficient (Wildman–Crippen LogP) is 3.70. The number of nitrogens with zero attached hydrogens (tertiary/aromatic N) is 1. The van der Waals surface area contributed by atoms with E-state index in [-0.39, 0.29) is 5.78 Å². The molecule has 3 nitrogen and oxygen atoms in total. The van der Waals surface area contributed by atoms with Gasteiger partial charge < -0.3 is 4.74 Å². The summed E-state index contributed by atoms with van der Waals surface area (Å²) in [5.41, 5.74) is 0.750. The maximum Gasteiger partial charge on any atom is 0.154 e. The Balaban J connectivity index is 2.74. The average Bonchev–Trinajstić information content (AvgIpc) is 2.39. The number of hydrogen-bond donors (Lipinski definition) is 0. The molecule has 0 aliphatic rings. The Bertz CT molecular complexity index is 443. The second kappa shape index (κ2) is 7.58. The van der Waals surface area contributed by atoms with Crippen molar-refractivity contribution < 1.29 is 9.53 Å². The molecule has 0 saturated heterocycles. The summed E-state index contributed by atoms with van der Waals surface area (Å²) >= 11 is 0. The molecule has 0 saturated carbocycles. The number of ether oxygens (including phenoxy) is 1. The smallest absolute Gasteiger partial charge is 0.154 e. The number of rotatable bonds is 7. The van der Waals surface area contributed by atoms with E-state index >= 15 is 0 Å². The Kier molecular flexibility index (Phi) is 6.08. The summed E-state index contributed by atoms with van der Waals surface area (Å²) in [7, 11) is 0. The first kappa shape index (κ1) is 15.2. The molecular formula is C16H21NO2. The van der Waals surface area contributed by atoms with E-state index in [0.717, 1.165) is 17.7 Å². The Morgan fingerprint density at radius 2 is 1.95 bits per heavy atom. The van der Waals surface area contributed by atoms with Crippen LogP contribution in [0.4, 0.5) is 0 Å². The van der Waals surface area contributed by atoms with Crippen LogP contribution < -0.4 is 4.74 Å². The van der Waals surface area contributed by atoms with E-state index in [1.807, 2.05) is 6.92 Å². The average molecular weight is 259 g/mol. The molecule has 3 heteroatoms. The molecule has 0 amide bonds. The van der Waals surface area contributed by atoms with Crippen molar-refractivity contribution in [1.82, 2.24) is 0 Å². The third-order valence-corrected chi connectivity index (χ3v) is 2.94. The zero-order valence-corrected chi connectivity index (χ0v) is 11.8. The number of carbonyl (C=O) groups is 1. The van der Waals surface area contributed by atoms with Crippen LogP contribution in [0.25, 0.3) is 0 Å². The zero-order chi connectivity index (χ0) is 14.3. The van der Waals surface area contributed by atoms with Gasteiger partial charge in [-0.05, 0) is 37.0 Å². The van der Waals surface area contributed by atoms with E-state index in [2.05, 4.69) is 19.9 Å². The maximum atomic E-state index is 12.0. The molecule has 0 heterocycles. The number of carbonyl (C=O) groups excluding carboxylic acids is 1. The lowest BCUT2D eigenvalue weighted by atomic mass is 9.92. The van der Waals surface area contributed by atoms with Gasteiger partial charge in [0, 0.05) is 6.42 Å². The summed E-state index contributed by atoms with van der Waals surface area (Å²) in [6.45, 7) is 6.67. The Morgan fingerprint density at radius 3 is 2.42 bits per heavy atom. The van der Waals surface area contributed by atoms with Crippen LogP contribution in [0, 0.1) is 17.2 Å². The monoisotopic (exact) mass is 259 g/mol. The summed E-state index contributed by atoms with van der Waals surface area (Å²) < 4.78 is 5.35. The summed E-state index contributed by atoms with van der Waals surface area (Å²) in [5, 5.41) is 9.19. The SMILES string of the molecule is CCOc1ccc(C(C#N)C(=O)CCC(C)C)cc1. The lowest BCUT2D eigenvalue weighted by Gasteiger charge is -2.10. The van der Waals surface area contributed by atoms with Gasteiger partial charge in [-0.3, -0.25) is 4.79 Å². The van der Waals surface area contributed by atoms with Gasteiger partial charge in [0.2, 0.25) is 0 Å². The molecule has 0 aromatic heterocycles. The first-order chi connectivity index (χ1) is 9.08. The Labute approximate surface area is 115 Å². The largest absolute Gasteiger partial charge is 0.494 e. The van der Waals surface area contributed by atoms with Crippen molar-refractivity contribution in [2.24, 2.45) is 5.92 Å². The first-order valence-corrected chi connectivity index (χ1v) is 6.73. The fraction of sp³-hybridized carbons (Fsp3) is 0.500. The van der Waals surface area contributed by atoms with Gasteiger partial charge in [-0.25, -0.2) is 0 Å². The van der Waals surface area contributed by atoms with Crippen molar-refractivity contribution in [1.29, 1.82) is 5.26 Å². The minimum atomic E-state index is -0.658. The van der Waals surface area contributed by atoms with E-state index in [4.69, 9.17) is 4.74 Å². The topological polar surface area (TPSA) is 50.1 Å². The second-order valence-electron chi connectivity index (χ2n) is 4.96. The second-order valence-corrected chi connectivity index (χ2v) is 4.96. The number of nitriles is 1. The molecule has 0 N–H and O–H groups in total. The molecule has 0 aliphatic carbocycles. The third-order valence-electron chi connectivity index (χ3n) is 2.94. The van der Waals surface area contributed by atoms with E-state index in [9.17, 15) is 10.1 Å².